The van der Waals surface area contributed by atoms with Gasteiger partial charge in [-0.25, -0.2) is 5.48 Å². The molecule has 6 nitrogen and oxygen atoms in total. The maximum atomic E-state index is 11.1. The van der Waals surface area contributed by atoms with E-state index in [-0.39, 0.29) is 0 Å². The highest BCUT2D eigenvalue weighted by Gasteiger charge is 2.25. The van der Waals surface area contributed by atoms with Gasteiger partial charge in [0.15, 0.2) is 0 Å². The molecular formula is C21H28N4O2. The average molecular weight is 368 g/mol. The Morgan fingerprint density at radius 3 is 2.63 bits per heavy atom. The topological polar surface area (TPSA) is 70.4 Å². The minimum atomic E-state index is -0.527. The van der Waals surface area contributed by atoms with Crippen molar-refractivity contribution in [1.82, 2.24) is 20.2 Å². The molecule has 0 unspecified atom stereocenters. The van der Waals surface area contributed by atoms with Crippen LogP contribution in [0, 0.1) is 20.8 Å². The van der Waals surface area contributed by atoms with Gasteiger partial charge in [-0.1, -0.05) is 24.3 Å². The smallest absolute Gasteiger partial charge is 0.267 e. The number of aromatic nitrogens is 2. The van der Waals surface area contributed by atoms with Crippen molar-refractivity contribution < 1.29 is 10.0 Å². The maximum Gasteiger partial charge on any atom is 0.267 e. The summed E-state index contributed by atoms with van der Waals surface area (Å²) in [5, 5.41) is 13.2. The van der Waals surface area contributed by atoms with Crippen LogP contribution in [-0.4, -0.2) is 38.9 Å². The Labute approximate surface area is 160 Å². The van der Waals surface area contributed by atoms with Crippen LogP contribution < -0.4 is 5.48 Å². The molecule has 2 aromatic rings. The number of amides is 1. The van der Waals surface area contributed by atoms with Gasteiger partial charge in [-0.3, -0.25) is 19.6 Å². The lowest BCUT2D eigenvalue weighted by Gasteiger charge is -2.25. The summed E-state index contributed by atoms with van der Waals surface area (Å²) >= 11 is 0. The second-order valence-electron chi connectivity index (χ2n) is 7.19. The number of carbonyl (C=O) groups is 1. The van der Waals surface area contributed by atoms with Gasteiger partial charge >= 0.3 is 0 Å². The molecule has 0 aliphatic carbocycles. The Hall–Kier alpha value is -2.44. The first-order chi connectivity index (χ1) is 13.0. The summed E-state index contributed by atoms with van der Waals surface area (Å²) < 4.78 is 2.13. The second kappa shape index (κ2) is 8.50. The standard InChI is InChI=1S/C21H28N4O2/c1-15-16(2)22-25(17(15)3)14-13-24-12-4-5-20(24)19-9-6-18(7-10-19)8-11-21(26)23-27/h6-11,20,27H,4-5,12-14H2,1-3H3,(H,23,26)/b11-8+/t20-/m0/s1. The molecule has 1 aliphatic heterocycles. The van der Waals surface area contributed by atoms with Gasteiger partial charge in [0.25, 0.3) is 5.91 Å². The summed E-state index contributed by atoms with van der Waals surface area (Å²) in [4.78, 5) is 13.6. The Balaban J connectivity index is 1.64. The zero-order valence-electron chi connectivity index (χ0n) is 16.3. The molecule has 1 fully saturated rings. The number of hydroxylamine groups is 1. The largest absolute Gasteiger partial charge is 0.294 e. The Bertz CT molecular complexity index is 823. The van der Waals surface area contributed by atoms with Gasteiger partial charge in [0.05, 0.1) is 12.2 Å². The highest BCUT2D eigenvalue weighted by Crippen LogP contribution is 2.32. The second-order valence-corrected chi connectivity index (χ2v) is 7.19. The van der Waals surface area contributed by atoms with E-state index in [9.17, 15) is 4.79 Å². The number of nitrogens with zero attached hydrogens (tertiary/aromatic N) is 3. The van der Waals surface area contributed by atoms with Crippen LogP contribution in [0.1, 0.15) is 47.0 Å². The molecule has 0 spiro atoms. The van der Waals surface area contributed by atoms with Crippen molar-refractivity contribution in [1.29, 1.82) is 0 Å². The van der Waals surface area contributed by atoms with Crippen molar-refractivity contribution in [2.75, 3.05) is 13.1 Å². The third kappa shape index (κ3) is 4.46. The van der Waals surface area contributed by atoms with Crippen LogP contribution >= 0.6 is 0 Å². The van der Waals surface area contributed by atoms with Crippen molar-refractivity contribution in [2.24, 2.45) is 0 Å². The molecule has 1 aliphatic rings. The molecule has 1 aromatic heterocycles. The predicted octanol–water partition coefficient (Wildman–Crippen LogP) is 3.16. The monoisotopic (exact) mass is 368 g/mol. The van der Waals surface area contributed by atoms with Gasteiger partial charge in [-0.15, -0.1) is 0 Å². The fourth-order valence-corrected chi connectivity index (χ4v) is 3.74. The van der Waals surface area contributed by atoms with Gasteiger partial charge in [0, 0.05) is 24.4 Å². The van der Waals surface area contributed by atoms with Crippen LogP contribution in [0.3, 0.4) is 0 Å². The third-order valence-corrected chi connectivity index (χ3v) is 5.56. The number of benzene rings is 1. The minimum absolute atomic E-state index is 0.432. The minimum Gasteiger partial charge on any atom is -0.294 e. The lowest BCUT2D eigenvalue weighted by Crippen LogP contribution is -2.27. The first-order valence-corrected chi connectivity index (χ1v) is 9.46. The number of likely N-dealkylation sites (tertiary alicyclic amines) is 1. The fourth-order valence-electron chi connectivity index (χ4n) is 3.74. The van der Waals surface area contributed by atoms with Crippen molar-refractivity contribution >= 4 is 12.0 Å². The molecule has 6 heteroatoms. The molecule has 1 amide bonds. The number of hydrogen-bond acceptors (Lipinski definition) is 4. The first kappa shape index (κ1) is 19.3. The van der Waals surface area contributed by atoms with E-state index < -0.39 is 5.91 Å². The number of rotatable bonds is 6. The molecular weight excluding hydrogens is 340 g/mol. The van der Waals surface area contributed by atoms with Gasteiger partial charge in [-0.05, 0) is 62.9 Å². The molecule has 144 valence electrons. The molecule has 27 heavy (non-hydrogen) atoms. The highest BCUT2D eigenvalue weighted by molar-refractivity contribution is 5.90. The lowest BCUT2D eigenvalue weighted by molar-refractivity contribution is -0.124. The SMILES string of the molecule is Cc1nn(CCN2CCC[C@H]2c2ccc(/C=C/C(=O)NO)cc2)c(C)c1C. The van der Waals surface area contributed by atoms with Crippen LogP contribution in [0.4, 0.5) is 0 Å². The van der Waals surface area contributed by atoms with Gasteiger partial charge in [-0.2, -0.15) is 5.10 Å². The number of carbonyl (C=O) groups excluding carboxylic acids is 1. The normalized spacial score (nSPS) is 17.7. The van der Waals surface area contributed by atoms with Gasteiger partial charge < -0.3 is 0 Å². The number of nitrogens with one attached hydrogen (secondary N) is 1. The third-order valence-electron chi connectivity index (χ3n) is 5.56. The number of hydrogen-bond donors (Lipinski definition) is 2. The predicted molar refractivity (Wildman–Crippen MR) is 105 cm³/mol. The van der Waals surface area contributed by atoms with E-state index in [0.29, 0.717) is 6.04 Å². The van der Waals surface area contributed by atoms with Crippen LogP contribution in [0.25, 0.3) is 6.08 Å². The van der Waals surface area contributed by atoms with Gasteiger partial charge in [0.1, 0.15) is 0 Å². The molecule has 3 rings (SSSR count). The zero-order valence-corrected chi connectivity index (χ0v) is 16.3. The summed E-state index contributed by atoms with van der Waals surface area (Å²) in [7, 11) is 0. The van der Waals surface area contributed by atoms with E-state index in [0.717, 1.165) is 37.3 Å². The van der Waals surface area contributed by atoms with Crippen LogP contribution in [0.15, 0.2) is 30.3 Å². The Morgan fingerprint density at radius 1 is 1.26 bits per heavy atom. The molecule has 1 aromatic carbocycles. The van der Waals surface area contributed by atoms with Crippen LogP contribution in [0.2, 0.25) is 0 Å². The van der Waals surface area contributed by atoms with E-state index in [2.05, 4.69) is 47.6 Å². The molecule has 1 atom stereocenters. The van der Waals surface area contributed by atoms with Gasteiger partial charge in [0.2, 0.25) is 0 Å². The summed E-state index contributed by atoms with van der Waals surface area (Å²) in [6.45, 7) is 9.35. The zero-order chi connectivity index (χ0) is 19.4. The fraction of sp³-hybridized carbons (Fsp3) is 0.429. The summed E-state index contributed by atoms with van der Waals surface area (Å²) in [5.74, 6) is -0.527. The van der Waals surface area contributed by atoms with E-state index in [1.807, 2.05) is 12.1 Å². The maximum absolute atomic E-state index is 11.1. The van der Waals surface area contributed by atoms with Crippen LogP contribution in [0.5, 0.6) is 0 Å². The molecule has 2 N–H and O–H groups in total. The van der Waals surface area contributed by atoms with Crippen molar-refractivity contribution in [2.45, 2.75) is 46.2 Å². The lowest BCUT2D eigenvalue weighted by atomic mass is 10.0. The molecule has 1 saturated heterocycles. The van der Waals surface area contributed by atoms with Crippen LogP contribution in [-0.2, 0) is 11.3 Å². The molecule has 0 radical (unpaired) electrons. The first-order valence-electron chi connectivity index (χ1n) is 9.46. The number of aryl methyl sites for hydroxylation is 1. The molecule has 0 saturated carbocycles. The highest BCUT2D eigenvalue weighted by atomic mass is 16.5. The van der Waals surface area contributed by atoms with E-state index in [1.54, 1.807) is 11.6 Å². The summed E-state index contributed by atoms with van der Waals surface area (Å²) in [6.07, 6.45) is 5.37. The van der Waals surface area contributed by atoms with E-state index in [4.69, 9.17) is 5.21 Å². The van der Waals surface area contributed by atoms with Crippen molar-refractivity contribution in [3.05, 3.63) is 58.4 Å². The quantitative estimate of drug-likeness (QED) is 0.467. The average Bonchev–Trinajstić information content (AvgIpc) is 3.25. The molecule has 0 bridgehead atoms. The van der Waals surface area contributed by atoms with E-state index >= 15 is 0 Å². The Kier molecular flexibility index (Phi) is 6.08. The van der Waals surface area contributed by atoms with Crippen molar-refractivity contribution in [3.8, 4) is 0 Å². The summed E-state index contributed by atoms with van der Waals surface area (Å²) in [6, 6.07) is 8.72. The van der Waals surface area contributed by atoms with Crippen molar-refractivity contribution in [3.63, 3.8) is 0 Å². The Morgan fingerprint density at radius 2 is 2.00 bits per heavy atom. The summed E-state index contributed by atoms with van der Waals surface area (Å²) in [5.41, 5.74) is 7.49. The molecule has 2 heterocycles. The van der Waals surface area contributed by atoms with E-state index in [1.165, 1.54) is 29.3 Å².